The number of carbonyl (C=O) groups excluding carboxylic acids is 1. The summed E-state index contributed by atoms with van der Waals surface area (Å²) in [5.41, 5.74) is -0.573. The number of carboxylic acids is 1. The first-order valence-corrected chi connectivity index (χ1v) is 6.86. The number of aliphatic carboxylic acids is 1. The third kappa shape index (κ3) is 2.47. The predicted molar refractivity (Wildman–Crippen MR) is 68.8 cm³/mol. The molecule has 108 valence electrons. The van der Waals surface area contributed by atoms with Crippen molar-refractivity contribution in [3.63, 3.8) is 0 Å². The van der Waals surface area contributed by atoms with Crippen LogP contribution in [0.4, 0.5) is 0 Å². The van der Waals surface area contributed by atoms with E-state index in [2.05, 4.69) is 5.32 Å². The number of ether oxygens (including phenoxy) is 1. The Bertz CT molecular complexity index is 366. The van der Waals surface area contributed by atoms with E-state index in [0.29, 0.717) is 19.4 Å². The Kier molecular flexibility index (Phi) is 4.10. The molecule has 2 aliphatic heterocycles. The van der Waals surface area contributed by atoms with Crippen LogP contribution in [0.25, 0.3) is 0 Å². The summed E-state index contributed by atoms with van der Waals surface area (Å²) in [6.45, 7) is 3.16. The molecule has 2 saturated heterocycles. The molecule has 3 atom stereocenters. The number of hydrogen-bond donors (Lipinski definition) is 2. The van der Waals surface area contributed by atoms with Crippen LogP contribution in [0.5, 0.6) is 0 Å². The maximum Gasteiger partial charge on any atom is 0.326 e. The van der Waals surface area contributed by atoms with Gasteiger partial charge in [0.1, 0.15) is 6.04 Å². The Hall–Kier alpha value is -1.14. The number of amides is 1. The molecule has 0 radical (unpaired) electrons. The van der Waals surface area contributed by atoms with Gasteiger partial charge in [-0.15, -0.1) is 0 Å². The number of likely N-dealkylation sites (tertiary alicyclic amines) is 1. The molecular weight excluding hydrogens is 248 g/mol. The van der Waals surface area contributed by atoms with Crippen LogP contribution in [0, 0.1) is 0 Å². The second-order valence-electron chi connectivity index (χ2n) is 5.37. The van der Waals surface area contributed by atoms with Crippen LogP contribution in [0.1, 0.15) is 32.6 Å². The van der Waals surface area contributed by atoms with E-state index in [1.807, 2.05) is 6.92 Å². The average molecular weight is 270 g/mol. The van der Waals surface area contributed by atoms with Gasteiger partial charge >= 0.3 is 5.97 Å². The molecule has 2 heterocycles. The third-order valence-electron chi connectivity index (χ3n) is 4.40. The molecule has 2 aliphatic rings. The number of nitrogens with one attached hydrogen (secondary N) is 1. The molecule has 0 bridgehead atoms. The molecule has 0 aromatic carbocycles. The molecule has 2 fully saturated rings. The highest BCUT2D eigenvalue weighted by Crippen LogP contribution is 2.30. The Morgan fingerprint density at radius 3 is 2.74 bits per heavy atom. The second-order valence-corrected chi connectivity index (χ2v) is 5.37. The quantitative estimate of drug-likeness (QED) is 0.764. The van der Waals surface area contributed by atoms with Gasteiger partial charge in [-0.05, 0) is 25.8 Å². The first kappa shape index (κ1) is 14.3. The van der Waals surface area contributed by atoms with Crippen LogP contribution >= 0.6 is 0 Å². The van der Waals surface area contributed by atoms with Gasteiger partial charge in [-0.3, -0.25) is 4.79 Å². The maximum atomic E-state index is 12.7. The van der Waals surface area contributed by atoms with Crippen molar-refractivity contribution in [2.45, 2.75) is 50.3 Å². The average Bonchev–Trinajstić information content (AvgIpc) is 3.05. The second kappa shape index (κ2) is 5.46. The summed E-state index contributed by atoms with van der Waals surface area (Å²) >= 11 is 0. The highest BCUT2D eigenvalue weighted by atomic mass is 16.5. The highest BCUT2D eigenvalue weighted by Gasteiger charge is 2.48. The van der Waals surface area contributed by atoms with E-state index < -0.39 is 17.6 Å². The van der Waals surface area contributed by atoms with Crippen LogP contribution in [0.2, 0.25) is 0 Å². The molecule has 2 rings (SSSR count). The number of carbonyl (C=O) groups is 2. The van der Waals surface area contributed by atoms with Gasteiger partial charge in [0.15, 0.2) is 0 Å². The summed E-state index contributed by atoms with van der Waals surface area (Å²) in [5.74, 6) is -1.03. The zero-order valence-corrected chi connectivity index (χ0v) is 11.5. The lowest BCUT2D eigenvalue weighted by atomic mass is 9.92. The van der Waals surface area contributed by atoms with Crippen molar-refractivity contribution in [3.05, 3.63) is 0 Å². The molecule has 6 nitrogen and oxygen atoms in total. The predicted octanol–water partition coefficient (Wildman–Crippen LogP) is 0.219. The summed E-state index contributed by atoms with van der Waals surface area (Å²) < 4.78 is 5.22. The summed E-state index contributed by atoms with van der Waals surface area (Å²) in [6.07, 6.45) is 2.62. The smallest absolute Gasteiger partial charge is 0.326 e. The molecule has 0 saturated carbocycles. The minimum absolute atomic E-state index is 0.0838. The molecule has 2 N–H and O–H groups in total. The number of methoxy groups -OCH3 is 1. The molecule has 1 amide bonds. The van der Waals surface area contributed by atoms with Gasteiger partial charge in [0, 0.05) is 20.1 Å². The fourth-order valence-corrected chi connectivity index (χ4v) is 3.14. The van der Waals surface area contributed by atoms with Crippen LogP contribution in [-0.4, -0.2) is 59.8 Å². The monoisotopic (exact) mass is 270 g/mol. The van der Waals surface area contributed by atoms with E-state index in [4.69, 9.17) is 4.74 Å². The van der Waals surface area contributed by atoms with Gasteiger partial charge < -0.3 is 20.1 Å². The molecule has 0 spiro atoms. The van der Waals surface area contributed by atoms with Gasteiger partial charge in [0.05, 0.1) is 11.6 Å². The molecular formula is C13H22N2O4. The number of rotatable bonds is 4. The van der Waals surface area contributed by atoms with Crippen molar-refractivity contribution in [1.29, 1.82) is 0 Å². The Morgan fingerprint density at radius 2 is 2.26 bits per heavy atom. The first-order chi connectivity index (χ1) is 9.04. The van der Waals surface area contributed by atoms with Gasteiger partial charge in [-0.25, -0.2) is 4.79 Å². The fourth-order valence-electron chi connectivity index (χ4n) is 3.14. The summed E-state index contributed by atoms with van der Waals surface area (Å²) in [6, 6.07) is -0.761. The molecule has 0 aromatic heterocycles. The zero-order valence-electron chi connectivity index (χ0n) is 11.5. The minimum Gasteiger partial charge on any atom is -0.480 e. The standard InChI is InChI=1S/C13H22N2O4/c1-3-13(5-4-6-14-13)12(18)15-8-9(19-2)7-10(15)11(16)17/h9-10,14H,3-8H2,1-2H3,(H,16,17). The van der Waals surface area contributed by atoms with Gasteiger partial charge in [0.2, 0.25) is 5.91 Å². The fraction of sp³-hybridized carbons (Fsp3) is 0.846. The lowest BCUT2D eigenvalue weighted by Gasteiger charge is -2.33. The normalized spacial score (nSPS) is 34.7. The first-order valence-electron chi connectivity index (χ1n) is 6.86. The molecule has 6 heteroatoms. The van der Waals surface area contributed by atoms with E-state index >= 15 is 0 Å². The molecule has 3 unspecified atom stereocenters. The number of hydrogen-bond acceptors (Lipinski definition) is 4. The van der Waals surface area contributed by atoms with Gasteiger partial charge in [-0.2, -0.15) is 0 Å². The van der Waals surface area contributed by atoms with E-state index in [1.54, 1.807) is 7.11 Å². The Morgan fingerprint density at radius 1 is 1.53 bits per heavy atom. The van der Waals surface area contributed by atoms with Crippen molar-refractivity contribution in [3.8, 4) is 0 Å². The SMILES string of the molecule is CCC1(C(=O)N2CC(OC)CC2C(=O)O)CCCN1. The molecule has 0 aliphatic carbocycles. The summed E-state index contributed by atoms with van der Waals surface area (Å²) in [5, 5.41) is 12.5. The van der Waals surface area contributed by atoms with Crippen molar-refractivity contribution in [2.24, 2.45) is 0 Å². The topological polar surface area (TPSA) is 78.9 Å². The third-order valence-corrected chi connectivity index (χ3v) is 4.40. The van der Waals surface area contributed by atoms with Gasteiger partial charge in [0.25, 0.3) is 0 Å². The Labute approximate surface area is 113 Å². The van der Waals surface area contributed by atoms with Crippen molar-refractivity contribution in [1.82, 2.24) is 10.2 Å². The lowest BCUT2D eigenvalue weighted by molar-refractivity contribution is -0.151. The zero-order chi connectivity index (χ0) is 14.0. The number of nitrogens with zero attached hydrogens (tertiary/aromatic N) is 1. The van der Waals surface area contributed by atoms with Crippen LogP contribution in [-0.2, 0) is 14.3 Å². The van der Waals surface area contributed by atoms with E-state index in [1.165, 1.54) is 4.90 Å². The molecule has 19 heavy (non-hydrogen) atoms. The summed E-state index contributed by atoms with van der Waals surface area (Å²) in [4.78, 5) is 25.5. The highest BCUT2D eigenvalue weighted by molar-refractivity contribution is 5.91. The maximum absolute atomic E-state index is 12.7. The largest absolute Gasteiger partial charge is 0.480 e. The van der Waals surface area contributed by atoms with Gasteiger partial charge in [-0.1, -0.05) is 6.92 Å². The van der Waals surface area contributed by atoms with Crippen LogP contribution in [0.15, 0.2) is 0 Å². The van der Waals surface area contributed by atoms with E-state index in [9.17, 15) is 14.7 Å². The van der Waals surface area contributed by atoms with E-state index in [-0.39, 0.29) is 12.0 Å². The number of carboxylic acid groups (broad SMARTS) is 1. The Balaban J connectivity index is 2.18. The lowest BCUT2D eigenvalue weighted by Crippen LogP contribution is -2.57. The van der Waals surface area contributed by atoms with Crippen LogP contribution < -0.4 is 5.32 Å². The van der Waals surface area contributed by atoms with Crippen LogP contribution in [0.3, 0.4) is 0 Å². The van der Waals surface area contributed by atoms with E-state index in [0.717, 1.165) is 19.4 Å². The molecule has 0 aromatic rings. The van der Waals surface area contributed by atoms with Crippen molar-refractivity contribution >= 4 is 11.9 Å². The summed E-state index contributed by atoms with van der Waals surface area (Å²) in [7, 11) is 1.56. The van der Waals surface area contributed by atoms with Crippen molar-refractivity contribution in [2.75, 3.05) is 20.2 Å². The minimum atomic E-state index is -0.947. The van der Waals surface area contributed by atoms with Crippen molar-refractivity contribution < 1.29 is 19.4 Å².